The van der Waals surface area contributed by atoms with Gasteiger partial charge in [-0.05, 0) is 60.2 Å². The molecule has 4 N–H and O–H groups in total. The summed E-state index contributed by atoms with van der Waals surface area (Å²) in [6.45, 7) is 0. The molecule has 1 amide bonds. The number of para-hydroxylation sites is 3. The summed E-state index contributed by atoms with van der Waals surface area (Å²) in [5.74, 6) is -0.324. The van der Waals surface area contributed by atoms with Gasteiger partial charge in [0.1, 0.15) is 11.2 Å². The highest BCUT2D eigenvalue weighted by Crippen LogP contribution is 2.30. The Bertz CT molecular complexity index is 1690. The highest BCUT2D eigenvalue weighted by Gasteiger charge is 2.17. The molecule has 0 fully saturated rings. The van der Waals surface area contributed by atoms with Crippen molar-refractivity contribution in [3.05, 3.63) is 103 Å². The first kappa shape index (κ1) is 22.2. The van der Waals surface area contributed by atoms with Crippen molar-refractivity contribution in [1.29, 1.82) is 0 Å². The van der Waals surface area contributed by atoms with E-state index >= 15 is 0 Å². The number of amides is 1. The van der Waals surface area contributed by atoms with Crippen molar-refractivity contribution in [2.45, 2.75) is 4.90 Å². The normalized spacial score (nSPS) is 11.8. The molecular formula is C27H21N3O4S. The molecule has 8 heteroatoms. The first-order valence-electron chi connectivity index (χ1n) is 10.8. The molecule has 0 spiro atoms. The highest BCUT2D eigenvalue weighted by molar-refractivity contribution is 7.92. The molecule has 4 aromatic carbocycles. The van der Waals surface area contributed by atoms with Crippen LogP contribution in [0.4, 0.5) is 17.1 Å². The lowest BCUT2D eigenvalue weighted by molar-refractivity contribution is -0.111. The molecule has 0 radical (unpaired) electrons. The molecule has 0 aliphatic heterocycles. The Morgan fingerprint density at radius 2 is 1.54 bits per heavy atom. The number of carbonyl (C=O) groups is 1. The number of fused-ring (bicyclic) bond motifs is 3. The quantitative estimate of drug-likeness (QED) is 0.214. The summed E-state index contributed by atoms with van der Waals surface area (Å²) in [7, 11) is -3.81. The summed E-state index contributed by atoms with van der Waals surface area (Å²) in [6.07, 6.45) is 3.01. The van der Waals surface area contributed by atoms with Crippen LogP contribution in [-0.4, -0.2) is 14.3 Å². The van der Waals surface area contributed by atoms with E-state index in [1.165, 1.54) is 12.1 Å². The van der Waals surface area contributed by atoms with Gasteiger partial charge in [-0.2, -0.15) is 0 Å². The predicted molar refractivity (Wildman–Crippen MR) is 139 cm³/mol. The first-order chi connectivity index (χ1) is 16.9. The van der Waals surface area contributed by atoms with Crippen molar-refractivity contribution in [2.75, 3.05) is 15.8 Å². The number of rotatable bonds is 6. The average molecular weight is 484 g/mol. The number of anilines is 3. The van der Waals surface area contributed by atoms with Gasteiger partial charge in [-0.25, -0.2) is 8.42 Å². The summed E-state index contributed by atoms with van der Waals surface area (Å²) >= 11 is 0. The summed E-state index contributed by atoms with van der Waals surface area (Å²) < 4.78 is 34.3. The molecule has 0 aliphatic carbocycles. The number of benzene rings is 4. The predicted octanol–water partition coefficient (Wildman–Crippen LogP) is 5.62. The van der Waals surface area contributed by atoms with E-state index in [-0.39, 0.29) is 10.8 Å². The van der Waals surface area contributed by atoms with E-state index in [0.717, 1.165) is 16.3 Å². The monoisotopic (exact) mass is 483 g/mol. The van der Waals surface area contributed by atoms with Crippen LogP contribution in [0.5, 0.6) is 0 Å². The third-order valence-electron chi connectivity index (χ3n) is 5.47. The molecule has 0 bridgehead atoms. The van der Waals surface area contributed by atoms with Gasteiger partial charge in [0.15, 0.2) is 0 Å². The number of hydrogen-bond acceptors (Lipinski definition) is 5. The summed E-state index contributed by atoms with van der Waals surface area (Å²) in [6, 6.07) is 26.0. The molecule has 0 atom stereocenters. The molecule has 0 saturated heterocycles. The fraction of sp³-hybridized carbons (Fsp3) is 0. The SMILES string of the molecule is Nc1ccccc1NC(=O)/C=C/c1ccc(NS(=O)(=O)c2ccc3oc4ccccc4c3c2)cc1. The van der Waals surface area contributed by atoms with Gasteiger partial charge >= 0.3 is 0 Å². The Morgan fingerprint density at radius 1 is 0.829 bits per heavy atom. The Labute approximate surface area is 201 Å². The lowest BCUT2D eigenvalue weighted by Crippen LogP contribution is -2.12. The van der Waals surface area contributed by atoms with Gasteiger partial charge in [0, 0.05) is 22.5 Å². The number of nitrogen functional groups attached to an aromatic ring is 1. The minimum Gasteiger partial charge on any atom is -0.456 e. The number of nitrogens with one attached hydrogen (secondary N) is 2. The Kier molecular flexibility index (Phi) is 5.72. The zero-order valence-electron chi connectivity index (χ0n) is 18.4. The van der Waals surface area contributed by atoms with Crippen molar-refractivity contribution < 1.29 is 17.6 Å². The minimum absolute atomic E-state index is 0.136. The van der Waals surface area contributed by atoms with Crippen LogP contribution in [0.1, 0.15) is 5.56 Å². The van der Waals surface area contributed by atoms with E-state index in [2.05, 4.69) is 10.0 Å². The van der Waals surface area contributed by atoms with Gasteiger partial charge in [-0.15, -0.1) is 0 Å². The number of hydrogen-bond donors (Lipinski definition) is 3. The van der Waals surface area contributed by atoms with Gasteiger partial charge in [0.25, 0.3) is 10.0 Å². The number of sulfonamides is 1. The standard InChI is InChI=1S/C27H21N3O4S/c28-23-6-2-3-7-24(23)29-27(31)16-11-18-9-12-19(13-10-18)30-35(32,33)20-14-15-26-22(17-20)21-5-1-4-8-25(21)34-26/h1-17,30H,28H2,(H,29,31)/b16-11+. The van der Waals surface area contributed by atoms with Crippen LogP contribution >= 0.6 is 0 Å². The van der Waals surface area contributed by atoms with Crippen molar-refractivity contribution in [3.8, 4) is 0 Å². The largest absolute Gasteiger partial charge is 0.456 e. The zero-order valence-corrected chi connectivity index (χ0v) is 19.3. The smallest absolute Gasteiger partial charge is 0.261 e. The van der Waals surface area contributed by atoms with E-state index in [4.69, 9.17) is 10.2 Å². The topological polar surface area (TPSA) is 114 Å². The number of furan rings is 1. The average Bonchev–Trinajstić information content (AvgIpc) is 3.23. The molecule has 35 heavy (non-hydrogen) atoms. The molecular weight excluding hydrogens is 462 g/mol. The second-order valence-corrected chi connectivity index (χ2v) is 9.58. The fourth-order valence-corrected chi connectivity index (χ4v) is 4.79. The zero-order chi connectivity index (χ0) is 24.4. The van der Waals surface area contributed by atoms with Crippen LogP contribution in [0.15, 0.2) is 106 Å². The van der Waals surface area contributed by atoms with Crippen LogP contribution < -0.4 is 15.8 Å². The van der Waals surface area contributed by atoms with Gasteiger partial charge in [-0.1, -0.05) is 42.5 Å². The Morgan fingerprint density at radius 3 is 2.34 bits per heavy atom. The van der Waals surface area contributed by atoms with E-state index in [1.807, 2.05) is 24.3 Å². The highest BCUT2D eigenvalue weighted by atomic mass is 32.2. The first-order valence-corrected chi connectivity index (χ1v) is 12.3. The lowest BCUT2D eigenvalue weighted by Gasteiger charge is -2.08. The maximum atomic E-state index is 13.0. The number of nitrogens with two attached hydrogens (primary N) is 1. The summed E-state index contributed by atoms with van der Waals surface area (Å²) in [5, 5.41) is 4.31. The fourth-order valence-electron chi connectivity index (χ4n) is 3.71. The lowest BCUT2D eigenvalue weighted by atomic mass is 10.1. The molecule has 0 unspecified atom stereocenters. The van der Waals surface area contributed by atoms with Crippen LogP contribution in [0.25, 0.3) is 28.0 Å². The van der Waals surface area contributed by atoms with Crippen LogP contribution in [0.2, 0.25) is 0 Å². The Hall–Kier alpha value is -4.56. The molecule has 5 aromatic rings. The van der Waals surface area contributed by atoms with Gasteiger partial charge in [0.2, 0.25) is 5.91 Å². The van der Waals surface area contributed by atoms with E-state index in [1.54, 1.807) is 66.7 Å². The third-order valence-corrected chi connectivity index (χ3v) is 6.85. The van der Waals surface area contributed by atoms with Crippen LogP contribution in [0, 0.1) is 0 Å². The number of carbonyl (C=O) groups excluding carboxylic acids is 1. The van der Waals surface area contributed by atoms with Crippen molar-refractivity contribution in [1.82, 2.24) is 0 Å². The van der Waals surface area contributed by atoms with Crippen molar-refractivity contribution >= 4 is 61.0 Å². The minimum atomic E-state index is -3.81. The van der Waals surface area contributed by atoms with Gasteiger partial charge in [0.05, 0.1) is 16.3 Å². The summed E-state index contributed by atoms with van der Waals surface area (Å²) in [5.41, 5.74) is 9.31. The Balaban J connectivity index is 1.30. The van der Waals surface area contributed by atoms with Gasteiger partial charge in [-0.3, -0.25) is 9.52 Å². The van der Waals surface area contributed by atoms with E-state index in [9.17, 15) is 13.2 Å². The molecule has 0 aliphatic rings. The molecule has 0 saturated carbocycles. The van der Waals surface area contributed by atoms with Crippen molar-refractivity contribution in [3.63, 3.8) is 0 Å². The maximum Gasteiger partial charge on any atom is 0.261 e. The second-order valence-electron chi connectivity index (χ2n) is 7.89. The second kappa shape index (κ2) is 9.00. The molecule has 7 nitrogen and oxygen atoms in total. The van der Waals surface area contributed by atoms with E-state index in [0.29, 0.717) is 28.2 Å². The molecule has 5 rings (SSSR count). The van der Waals surface area contributed by atoms with Crippen LogP contribution in [-0.2, 0) is 14.8 Å². The van der Waals surface area contributed by atoms with Crippen molar-refractivity contribution in [2.24, 2.45) is 0 Å². The van der Waals surface area contributed by atoms with E-state index < -0.39 is 10.0 Å². The van der Waals surface area contributed by atoms with Crippen LogP contribution in [0.3, 0.4) is 0 Å². The maximum absolute atomic E-state index is 13.0. The molecule has 174 valence electrons. The van der Waals surface area contributed by atoms with Gasteiger partial charge < -0.3 is 15.5 Å². The molecule has 1 aromatic heterocycles. The summed E-state index contributed by atoms with van der Waals surface area (Å²) in [4.78, 5) is 12.3. The third kappa shape index (κ3) is 4.73. The molecule has 1 heterocycles.